The summed E-state index contributed by atoms with van der Waals surface area (Å²) in [7, 11) is 0. The fraction of sp³-hybridized carbons (Fsp3) is 0.381. The molecule has 2 amide bonds. The standard InChI is InChI=1S/C21H25N3O5S/c1-21(2,3)29-20(27)22-14(11-12-7-5-4-6-8-12)19(26)23-15-13-9-10-30-18(13)16(24-28)17(15)25/h4-10,14-15,17,25,28H,11H2,1-3H3,(H,22,27)(H,23,26)/b24-16+/t14-,15-,17-/m1/s1. The molecule has 0 radical (unpaired) electrons. The SMILES string of the molecule is CC(C)(C)OC(=O)N[C@H](Cc1ccccc1)C(=O)N[C@@H]1c2ccsc2/C(=N/O)[C@@H]1O. The fourth-order valence-electron chi connectivity index (χ4n) is 3.26. The van der Waals surface area contributed by atoms with Gasteiger partial charge in [0.05, 0.1) is 10.9 Å². The average molecular weight is 432 g/mol. The molecule has 1 aromatic heterocycles. The Hall–Kier alpha value is -2.91. The molecular formula is C21H25N3O5S. The molecule has 0 bridgehead atoms. The highest BCUT2D eigenvalue weighted by molar-refractivity contribution is 7.12. The lowest BCUT2D eigenvalue weighted by Crippen LogP contribution is -2.51. The Bertz CT molecular complexity index is 936. The number of nitrogens with zero attached hydrogens (tertiary/aromatic N) is 1. The maximum Gasteiger partial charge on any atom is 0.408 e. The van der Waals surface area contributed by atoms with Gasteiger partial charge in [0.1, 0.15) is 23.5 Å². The Balaban J connectivity index is 1.79. The molecule has 0 spiro atoms. The van der Waals surface area contributed by atoms with Crippen molar-refractivity contribution >= 4 is 29.0 Å². The van der Waals surface area contributed by atoms with Gasteiger partial charge in [-0.15, -0.1) is 11.3 Å². The average Bonchev–Trinajstić information content (AvgIpc) is 3.22. The van der Waals surface area contributed by atoms with Crippen LogP contribution in [0.15, 0.2) is 46.9 Å². The van der Waals surface area contributed by atoms with Crippen LogP contribution in [0.25, 0.3) is 0 Å². The van der Waals surface area contributed by atoms with E-state index < -0.39 is 35.8 Å². The quantitative estimate of drug-likeness (QED) is 0.428. The van der Waals surface area contributed by atoms with Gasteiger partial charge < -0.3 is 25.7 Å². The summed E-state index contributed by atoms with van der Waals surface area (Å²) in [5, 5.41) is 30.1. The topological polar surface area (TPSA) is 120 Å². The number of carbonyl (C=O) groups excluding carboxylic acids is 2. The predicted molar refractivity (Wildman–Crippen MR) is 113 cm³/mol. The van der Waals surface area contributed by atoms with Crippen molar-refractivity contribution in [1.29, 1.82) is 0 Å². The number of nitrogens with one attached hydrogen (secondary N) is 2. The van der Waals surface area contributed by atoms with Crippen LogP contribution in [0, 0.1) is 0 Å². The first-order valence-corrected chi connectivity index (χ1v) is 10.4. The molecule has 0 unspecified atom stereocenters. The number of amides is 2. The molecule has 0 saturated carbocycles. The summed E-state index contributed by atoms with van der Waals surface area (Å²) in [6.07, 6.45) is -1.65. The Morgan fingerprint density at radius 1 is 1.23 bits per heavy atom. The lowest BCUT2D eigenvalue weighted by molar-refractivity contribution is -0.124. The van der Waals surface area contributed by atoms with Crippen molar-refractivity contribution in [2.45, 2.75) is 51.0 Å². The summed E-state index contributed by atoms with van der Waals surface area (Å²) in [5.41, 5.74) is 0.932. The van der Waals surface area contributed by atoms with Crippen LogP contribution in [0.3, 0.4) is 0 Å². The summed E-state index contributed by atoms with van der Waals surface area (Å²) in [6.45, 7) is 5.21. The van der Waals surface area contributed by atoms with E-state index in [1.165, 1.54) is 11.3 Å². The minimum Gasteiger partial charge on any atom is -0.444 e. The minimum atomic E-state index is -1.18. The van der Waals surface area contributed by atoms with Crippen molar-refractivity contribution < 1.29 is 24.6 Å². The zero-order chi connectivity index (χ0) is 21.9. The minimum absolute atomic E-state index is 0.116. The first-order valence-electron chi connectivity index (χ1n) is 9.51. The summed E-state index contributed by atoms with van der Waals surface area (Å²) >= 11 is 1.32. The van der Waals surface area contributed by atoms with Gasteiger partial charge in [0.15, 0.2) is 0 Å². The molecule has 0 fully saturated rings. The van der Waals surface area contributed by atoms with E-state index >= 15 is 0 Å². The third-order valence-electron chi connectivity index (χ3n) is 4.55. The molecule has 3 rings (SSSR count). The first kappa shape index (κ1) is 21.8. The number of benzene rings is 1. The molecule has 9 heteroatoms. The monoisotopic (exact) mass is 431 g/mol. The summed E-state index contributed by atoms with van der Waals surface area (Å²) in [5.74, 6) is -0.481. The summed E-state index contributed by atoms with van der Waals surface area (Å²) in [4.78, 5) is 26.0. The van der Waals surface area contributed by atoms with E-state index in [1.54, 1.807) is 32.2 Å². The number of thiophene rings is 1. The highest BCUT2D eigenvalue weighted by atomic mass is 32.1. The Kier molecular flexibility index (Phi) is 6.42. The van der Waals surface area contributed by atoms with Gasteiger partial charge in [0.2, 0.25) is 5.91 Å². The van der Waals surface area contributed by atoms with E-state index in [0.29, 0.717) is 10.4 Å². The van der Waals surface area contributed by atoms with Gasteiger partial charge in [-0.1, -0.05) is 35.5 Å². The number of fused-ring (bicyclic) bond motifs is 1. The largest absolute Gasteiger partial charge is 0.444 e. The van der Waals surface area contributed by atoms with Crippen LogP contribution >= 0.6 is 11.3 Å². The molecule has 0 saturated heterocycles. The van der Waals surface area contributed by atoms with E-state index in [-0.39, 0.29) is 12.1 Å². The van der Waals surface area contributed by atoms with Crippen LogP contribution in [0.4, 0.5) is 4.79 Å². The van der Waals surface area contributed by atoms with Crippen LogP contribution in [0.1, 0.15) is 42.8 Å². The van der Waals surface area contributed by atoms with Crippen LogP contribution < -0.4 is 10.6 Å². The second-order valence-corrected chi connectivity index (χ2v) is 8.93. The van der Waals surface area contributed by atoms with Crippen molar-refractivity contribution in [3.05, 3.63) is 57.8 Å². The number of carbonyl (C=O) groups is 2. The third kappa shape index (κ3) is 4.98. The van der Waals surface area contributed by atoms with E-state index in [9.17, 15) is 19.9 Å². The van der Waals surface area contributed by atoms with Gasteiger partial charge in [0, 0.05) is 6.42 Å². The van der Waals surface area contributed by atoms with E-state index in [2.05, 4.69) is 15.8 Å². The van der Waals surface area contributed by atoms with Crippen molar-refractivity contribution in [3.8, 4) is 0 Å². The van der Waals surface area contributed by atoms with Crippen LogP contribution in [-0.2, 0) is 16.0 Å². The van der Waals surface area contributed by atoms with Gasteiger partial charge >= 0.3 is 6.09 Å². The smallest absolute Gasteiger partial charge is 0.408 e. The number of oxime groups is 1. The number of alkyl carbamates (subject to hydrolysis) is 1. The van der Waals surface area contributed by atoms with Gasteiger partial charge in [-0.05, 0) is 43.3 Å². The molecule has 30 heavy (non-hydrogen) atoms. The molecule has 1 aromatic carbocycles. The van der Waals surface area contributed by atoms with Crippen molar-refractivity contribution in [2.24, 2.45) is 5.16 Å². The lowest BCUT2D eigenvalue weighted by atomic mass is 10.0. The third-order valence-corrected chi connectivity index (χ3v) is 5.51. The van der Waals surface area contributed by atoms with Gasteiger partial charge in [-0.2, -0.15) is 0 Å². The van der Waals surface area contributed by atoms with Gasteiger partial charge in [-0.25, -0.2) is 4.79 Å². The highest BCUT2D eigenvalue weighted by Gasteiger charge is 2.40. The van der Waals surface area contributed by atoms with Crippen LogP contribution in [0.2, 0.25) is 0 Å². The Labute approximate surface area is 178 Å². The molecule has 8 nitrogen and oxygen atoms in total. The zero-order valence-corrected chi connectivity index (χ0v) is 17.8. The molecule has 0 aliphatic heterocycles. The highest BCUT2D eigenvalue weighted by Crippen LogP contribution is 2.35. The maximum atomic E-state index is 13.1. The second-order valence-electron chi connectivity index (χ2n) is 8.01. The Morgan fingerprint density at radius 2 is 1.93 bits per heavy atom. The molecule has 4 N–H and O–H groups in total. The lowest BCUT2D eigenvalue weighted by Gasteiger charge is -2.25. The number of hydrogen-bond acceptors (Lipinski definition) is 7. The number of hydrogen-bond donors (Lipinski definition) is 4. The molecule has 160 valence electrons. The molecule has 3 atom stereocenters. The van der Waals surface area contributed by atoms with Crippen LogP contribution in [-0.4, -0.2) is 45.8 Å². The Morgan fingerprint density at radius 3 is 2.57 bits per heavy atom. The van der Waals surface area contributed by atoms with Crippen molar-refractivity contribution in [1.82, 2.24) is 10.6 Å². The molecule has 1 heterocycles. The summed E-state index contributed by atoms with van der Waals surface area (Å²) in [6, 6.07) is 9.34. The maximum absolute atomic E-state index is 13.1. The van der Waals surface area contributed by atoms with E-state index in [4.69, 9.17) is 4.74 Å². The zero-order valence-electron chi connectivity index (χ0n) is 17.0. The number of rotatable bonds is 5. The van der Waals surface area contributed by atoms with Gasteiger partial charge in [0.25, 0.3) is 0 Å². The number of aliphatic hydroxyl groups excluding tert-OH is 1. The number of ether oxygens (including phenoxy) is 1. The molecule has 2 aromatic rings. The van der Waals surface area contributed by atoms with Gasteiger partial charge in [-0.3, -0.25) is 4.79 Å². The van der Waals surface area contributed by atoms with Crippen molar-refractivity contribution in [3.63, 3.8) is 0 Å². The van der Waals surface area contributed by atoms with E-state index in [1.807, 2.05) is 30.3 Å². The van der Waals surface area contributed by atoms with Crippen molar-refractivity contribution in [2.75, 3.05) is 0 Å². The summed E-state index contributed by atoms with van der Waals surface area (Å²) < 4.78 is 5.30. The normalized spacial score (nSPS) is 20.5. The van der Waals surface area contributed by atoms with Crippen LogP contribution in [0.5, 0.6) is 0 Å². The molecule has 1 aliphatic rings. The fourth-order valence-corrected chi connectivity index (χ4v) is 4.22. The second kappa shape index (κ2) is 8.85. The predicted octanol–water partition coefficient (Wildman–Crippen LogP) is 2.59. The molecular weight excluding hydrogens is 406 g/mol. The van der Waals surface area contributed by atoms with E-state index in [0.717, 1.165) is 5.56 Å². The first-order chi connectivity index (χ1) is 14.2. The number of aliphatic hydroxyl groups is 1. The molecule has 1 aliphatic carbocycles.